The fraction of sp³-hybridized carbons (Fsp3) is 0.812. The van der Waals surface area contributed by atoms with Crippen LogP contribution in [0, 0.1) is 0 Å². The lowest BCUT2D eigenvalue weighted by Crippen LogP contribution is -2.65. The predicted molar refractivity (Wildman–Crippen MR) is 337 cm³/mol. The molecule has 2 fully saturated rings. The van der Waals surface area contributed by atoms with Crippen LogP contribution in [-0.4, -0.2) is 140 Å². The second-order valence-electron chi connectivity index (χ2n) is 23.6. The molecule has 2 rings (SSSR count). The zero-order chi connectivity index (χ0) is 60.2. The predicted octanol–water partition coefficient (Wildman–Crippen LogP) is 13.1. The third-order valence-corrected chi connectivity index (χ3v) is 16.1. The van der Waals surface area contributed by atoms with Gasteiger partial charge in [0, 0.05) is 6.42 Å². The van der Waals surface area contributed by atoms with E-state index in [2.05, 4.69) is 79.9 Å². The molecule has 0 radical (unpaired) electrons. The molecule has 14 heteroatoms. The van der Waals surface area contributed by atoms with E-state index in [1.807, 2.05) is 6.08 Å². The molecule has 2 aliphatic rings. The number of aliphatic hydroxyl groups excluding tert-OH is 8. The number of nitrogens with one attached hydrogen (secondary N) is 1. The molecule has 2 aliphatic heterocycles. The minimum Gasteiger partial charge on any atom is -0.394 e. The first kappa shape index (κ1) is 76.5. The smallest absolute Gasteiger partial charge is 0.220 e. The highest BCUT2D eigenvalue weighted by atomic mass is 16.7. The number of ether oxygens (including phenoxy) is 4. The monoisotopic (exact) mass is 1170 g/mol. The van der Waals surface area contributed by atoms with Crippen LogP contribution in [0.5, 0.6) is 0 Å². The second-order valence-corrected chi connectivity index (χ2v) is 23.6. The van der Waals surface area contributed by atoms with Crippen molar-refractivity contribution in [3.05, 3.63) is 72.9 Å². The summed E-state index contributed by atoms with van der Waals surface area (Å²) in [4.78, 5) is 13.3. The van der Waals surface area contributed by atoms with Gasteiger partial charge in [-0.25, -0.2) is 0 Å². The number of hydrogen-bond acceptors (Lipinski definition) is 13. The summed E-state index contributed by atoms with van der Waals surface area (Å²) in [5.41, 5.74) is 0. The molecule has 0 saturated carbocycles. The molecule has 0 bridgehead atoms. The Morgan fingerprint density at radius 1 is 0.446 bits per heavy atom. The molecule has 83 heavy (non-hydrogen) atoms. The van der Waals surface area contributed by atoms with Crippen molar-refractivity contribution < 1.29 is 64.6 Å². The standard InChI is InChI=1S/C69H123NO13/c1-3-5-7-9-11-13-15-17-19-21-22-23-24-25-26-27-28-29-30-31-32-33-34-35-36-37-39-41-43-45-47-49-51-53-61(74)70-57(58(73)52-50-48-46-44-42-40-38-20-18-16-14-12-10-8-6-4-2)56-80-68-66(79)64(77)67(60(55-72)82-68)83-69-65(78)63(76)62(75)59(54-71)81-69/h5,7,11,13,17,19,22-23,42,44,50,52,57-60,62-69,71-73,75-79H,3-4,6,8-10,12,14-16,18,20-21,24-41,43,45-49,51,53-56H2,1-2H3,(H,70,74)/b7-5-,13-11-,19-17-,23-22-,44-42+,52-50+. The van der Waals surface area contributed by atoms with E-state index in [1.54, 1.807) is 6.08 Å². The normalized spacial score (nSPS) is 24.3. The highest BCUT2D eigenvalue weighted by Gasteiger charge is 2.51. The van der Waals surface area contributed by atoms with Crippen LogP contribution in [-0.2, 0) is 23.7 Å². The number of carbonyl (C=O) groups excluding carboxylic acids is 1. The van der Waals surface area contributed by atoms with Gasteiger partial charge in [0.15, 0.2) is 12.6 Å². The quantitative estimate of drug-likeness (QED) is 0.0204. The van der Waals surface area contributed by atoms with Crippen LogP contribution >= 0.6 is 0 Å². The van der Waals surface area contributed by atoms with Crippen LogP contribution < -0.4 is 5.32 Å². The van der Waals surface area contributed by atoms with Gasteiger partial charge in [-0.2, -0.15) is 0 Å². The number of unbranched alkanes of at least 4 members (excludes halogenated alkanes) is 31. The van der Waals surface area contributed by atoms with Crippen LogP contribution in [0.25, 0.3) is 0 Å². The Bertz CT molecular complexity index is 1670. The fourth-order valence-corrected chi connectivity index (χ4v) is 10.8. The molecule has 9 N–H and O–H groups in total. The van der Waals surface area contributed by atoms with Crippen molar-refractivity contribution in [3.8, 4) is 0 Å². The summed E-state index contributed by atoms with van der Waals surface area (Å²) >= 11 is 0. The van der Waals surface area contributed by atoms with Gasteiger partial charge in [-0.3, -0.25) is 4.79 Å². The van der Waals surface area contributed by atoms with Crippen molar-refractivity contribution in [1.82, 2.24) is 5.32 Å². The Balaban J connectivity index is 1.64. The van der Waals surface area contributed by atoms with E-state index in [1.165, 1.54) is 173 Å². The number of hydrogen-bond donors (Lipinski definition) is 9. The molecule has 0 aliphatic carbocycles. The zero-order valence-electron chi connectivity index (χ0n) is 52.2. The molecule has 0 spiro atoms. The molecule has 2 heterocycles. The molecular weight excluding hydrogens is 1050 g/mol. The van der Waals surface area contributed by atoms with Gasteiger partial charge in [-0.15, -0.1) is 0 Å². The largest absolute Gasteiger partial charge is 0.394 e. The maximum atomic E-state index is 13.3. The summed E-state index contributed by atoms with van der Waals surface area (Å²) in [6.45, 7) is 2.68. The van der Waals surface area contributed by atoms with Crippen LogP contribution in [0.1, 0.15) is 264 Å². The first-order valence-electron chi connectivity index (χ1n) is 33.7. The Kier molecular flexibility index (Phi) is 49.5. The summed E-state index contributed by atoms with van der Waals surface area (Å²) in [5.74, 6) is -0.247. The third kappa shape index (κ3) is 38.4. The Hall–Kier alpha value is -2.57. The van der Waals surface area contributed by atoms with E-state index in [9.17, 15) is 45.6 Å². The number of aliphatic hydroxyl groups is 8. The average Bonchev–Trinajstić information content (AvgIpc) is 3.63. The second kappa shape index (κ2) is 53.7. The lowest BCUT2D eigenvalue weighted by Gasteiger charge is -2.46. The van der Waals surface area contributed by atoms with Crippen LogP contribution in [0.15, 0.2) is 72.9 Å². The summed E-state index contributed by atoms with van der Waals surface area (Å²) < 4.78 is 22.8. The van der Waals surface area contributed by atoms with E-state index in [4.69, 9.17) is 18.9 Å². The lowest BCUT2D eigenvalue weighted by atomic mass is 9.97. The van der Waals surface area contributed by atoms with Crippen molar-refractivity contribution in [2.24, 2.45) is 0 Å². The Labute approximate surface area is 504 Å². The minimum absolute atomic E-state index is 0.247. The first-order valence-corrected chi connectivity index (χ1v) is 33.7. The van der Waals surface area contributed by atoms with Crippen LogP contribution in [0.2, 0.25) is 0 Å². The fourth-order valence-electron chi connectivity index (χ4n) is 10.8. The molecular formula is C69H123NO13. The summed E-state index contributed by atoms with van der Waals surface area (Å²) in [6, 6.07) is -0.933. The van der Waals surface area contributed by atoms with Crippen LogP contribution in [0.4, 0.5) is 0 Å². The summed E-state index contributed by atoms with van der Waals surface area (Å²) in [6.07, 6.45) is 55.3. The van der Waals surface area contributed by atoms with Crippen molar-refractivity contribution in [2.45, 2.75) is 338 Å². The maximum Gasteiger partial charge on any atom is 0.220 e. The molecule has 12 atom stereocenters. The van der Waals surface area contributed by atoms with Gasteiger partial charge in [-0.1, -0.05) is 260 Å². The highest BCUT2D eigenvalue weighted by molar-refractivity contribution is 5.76. The van der Waals surface area contributed by atoms with E-state index in [-0.39, 0.29) is 18.9 Å². The molecule has 0 aromatic rings. The van der Waals surface area contributed by atoms with Gasteiger partial charge in [-0.05, 0) is 70.6 Å². The van der Waals surface area contributed by atoms with Crippen LogP contribution in [0.3, 0.4) is 0 Å². The maximum absolute atomic E-state index is 13.3. The minimum atomic E-state index is -1.79. The van der Waals surface area contributed by atoms with Crippen molar-refractivity contribution >= 4 is 5.91 Å². The first-order chi connectivity index (χ1) is 40.6. The number of amides is 1. The Morgan fingerprint density at radius 2 is 0.843 bits per heavy atom. The van der Waals surface area contributed by atoms with Gasteiger partial charge in [0.05, 0.1) is 32.0 Å². The molecule has 1 amide bonds. The van der Waals surface area contributed by atoms with E-state index in [0.29, 0.717) is 12.8 Å². The highest BCUT2D eigenvalue weighted by Crippen LogP contribution is 2.30. The van der Waals surface area contributed by atoms with Gasteiger partial charge in [0.25, 0.3) is 0 Å². The summed E-state index contributed by atoms with van der Waals surface area (Å²) in [5, 5.41) is 87.2. The van der Waals surface area contributed by atoms with E-state index >= 15 is 0 Å². The third-order valence-electron chi connectivity index (χ3n) is 16.1. The van der Waals surface area contributed by atoms with Crippen molar-refractivity contribution in [2.75, 3.05) is 19.8 Å². The van der Waals surface area contributed by atoms with Gasteiger partial charge in [0.2, 0.25) is 5.91 Å². The molecule has 0 aromatic heterocycles. The van der Waals surface area contributed by atoms with Crippen molar-refractivity contribution in [1.29, 1.82) is 0 Å². The topological polar surface area (TPSA) is 228 Å². The lowest BCUT2D eigenvalue weighted by molar-refractivity contribution is -0.359. The molecule has 2 saturated heterocycles. The summed E-state index contributed by atoms with van der Waals surface area (Å²) in [7, 11) is 0. The number of carbonyl (C=O) groups is 1. The molecule has 14 nitrogen and oxygen atoms in total. The van der Waals surface area contributed by atoms with E-state index in [0.717, 1.165) is 57.8 Å². The molecule has 12 unspecified atom stereocenters. The number of rotatable bonds is 54. The molecule has 0 aromatic carbocycles. The SMILES string of the molecule is CC/C=C\C/C=C\C/C=C\C/C=C\CCCCCCCCCCCCCCCCCCCCCCC(=O)NC(COC1OC(CO)C(OC2OC(CO)C(O)C(O)C2O)C(O)C1O)C(O)/C=C/CC/C=C/CCCCCCCCCCCC. The average molecular weight is 1170 g/mol. The zero-order valence-corrected chi connectivity index (χ0v) is 52.2. The molecule has 482 valence electrons. The van der Waals surface area contributed by atoms with Gasteiger partial charge >= 0.3 is 0 Å². The Morgan fingerprint density at radius 3 is 1.33 bits per heavy atom. The number of allylic oxidation sites excluding steroid dienone is 11. The van der Waals surface area contributed by atoms with Crippen molar-refractivity contribution in [3.63, 3.8) is 0 Å². The van der Waals surface area contributed by atoms with Gasteiger partial charge in [0.1, 0.15) is 48.8 Å². The van der Waals surface area contributed by atoms with E-state index < -0.39 is 86.8 Å². The van der Waals surface area contributed by atoms with Gasteiger partial charge < -0.3 is 65.1 Å².